The zero-order valence-corrected chi connectivity index (χ0v) is 8.23. The molecule has 0 spiro atoms. The van der Waals surface area contributed by atoms with Crippen LogP contribution in [0.25, 0.3) is 0 Å². The van der Waals surface area contributed by atoms with Gasteiger partial charge in [-0.3, -0.25) is 0 Å². The third-order valence-electron chi connectivity index (χ3n) is 2.29. The van der Waals surface area contributed by atoms with Crippen LogP contribution in [-0.4, -0.2) is 4.83 Å². The summed E-state index contributed by atoms with van der Waals surface area (Å²) in [6.07, 6.45) is 5.55. The first-order chi connectivity index (χ1) is 4.70. The molecule has 0 nitrogen and oxygen atoms in total. The summed E-state index contributed by atoms with van der Waals surface area (Å²) < 4.78 is 0. The molecule has 59 valence electrons. The molecule has 0 aliphatic heterocycles. The summed E-state index contributed by atoms with van der Waals surface area (Å²) in [7, 11) is 0. The normalized spacial score (nSPS) is 22.8. The van der Waals surface area contributed by atoms with Crippen molar-refractivity contribution in [2.24, 2.45) is 11.8 Å². The van der Waals surface area contributed by atoms with Crippen LogP contribution in [-0.2, 0) is 0 Å². The number of hydrogen-bond donors (Lipinski definition) is 0. The Morgan fingerprint density at radius 3 is 2.50 bits per heavy atom. The van der Waals surface area contributed by atoms with Crippen LogP contribution >= 0.6 is 15.9 Å². The van der Waals surface area contributed by atoms with E-state index in [0.717, 1.165) is 10.7 Å². The minimum atomic E-state index is 0.602. The minimum Gasteiger partial charge on any atom is -0.0888 e. The fourth-order valence-corrected chi connectivity index (χ4v) is 2.55. The highest BCUT2D eigenvalue weighted by atomic mass is 79.9. The Morgan fingerprint density at radius 2 is 2.20 bits per heavy atom. The molecule has 2 unspecified atom stereocenters. The van der Waals surface area contributed by atoms with E-state index in [0.29, 0.717) is 5.92 Å². The fourth-order valence-electron chi connectivity index (χ4n) is 1.38. The number of hydrogen-bond acceptors (Lipinski definition) is 0. The third-order valence-corrected chi connectivity index (χ3v) is 3.41. The first-order valence-electron chi connectivity index (χ1n) is 4.17. The van der Waals surface area contributed by atoms with Crippen molar-refractivity contribution < 1.29 is 0 Å². The second-order valence-electron chi connectivity index (χ2n) is 3.55. The Kier molecular flexibility index (Phi) is 3.22. The highest BCUT2D eigenvalue weighted by molar-refractivity contribution is 9.09. The molecule has 1 fully saturated rings. The molecule has 1 aliphatic rings. The summed E-state index contributed by atoms with van der Waals surface area (Å²) in [6, 6.07) is 0. The van der Waals surface area contributed by atoms with E-state index in [1.54, 1.807) is 0 Å². The number of rotatable bonds is 3. The maximum Gasteiger partial charge on any atom is 0.0176 e. The van der Waals surface area contributed by atoms with Crippen molar-refractivity contribution in [1.82, 2.24) is 0 Å². The second kappa shape index (κ2) is 3.75. The van der Waals surface area contributed by atoms with Gasteiger partial charge in [-0.2, -0.15) is 0 Å². The molecule has 0 amide bonds. The Balaban J connectivity index is 2.13. The standard InChI is InChI=1S/C9H16Br/c1-7(2)6-9(10)8-4-3-5-8/h7-9H,1,3-6H2,2H3. The lowest BCUT2D eigenvalue weighted by molar-refractivity contribution is 0.294. The largest absolute Gasteiger partial charge is 0.0888 e. The Hall–Kier alpha value is 0.480. The van der Waals surface area contributed by atoms with Gasteiger partial charge in [-0.1, -0.05) is 36.2 Å². The summed E-state index contributed by atoms with van der Waals surface area (Å²) in [5.74, 6) is 1.56. The molecule has 0 aromatic heterocycles. The van der Waals surface area contributed by atoms with Gasteiger partial charge in [0.2, 0.25) is 0 Å². The van der Waals surface area contributed by atoms with Gasteiger partial charge in [-0.05, 0) is 31.1 Å². The van der Waals surface area contributed by atoms with Crippen LogP contribution in [0.15, 0.2) is 0 Å². The van der Waals surface area contributed by atoms with E-state index in [-0.39, 0.29) is 0 Å². The van der Waals surface area contributed by atoms with Crippen LogP contribution in [0.2, 0.25) is 0 Å². The van der Waals surface area contributed by atoms with Crippen molar-refractivity contribution in [3.63, 3.8) is 0 Å². The van der Waals surface area contributed by atoms with Crippen molar-refractivity contribution in [3.05, 3.63) is 6.92 Å². The van der Waals surface area contributed by atoms with Gasteiger partial charge in [-0.15, -0.1) is 0 Å². The first kappa shape index (κ1) is 8.58. The Labute approximate surface area is 72.5 Å². The molecule has 1 rings (SSSR count). The summed E-state index contributed by atoms with van der Waals surface area (Å²) in [5.41, 5.74) is 0. The highest BCUT2D eigenvalue weighted by Gasteiger charge is 2.25. The quantitative estimate of drug-likeness (QED) is 0.618. The van der Waals surface area contributed by atoms with Crippen LogP contribution in [0.1, 0.15) is 32.6 Å². The molecule has 1 aliphatic carbocycles. The topological polar surface area (TPSA) is 0 Å². The first-order valence-corrected chi connectivity index (χ1v) is 5.09. The van der Waals surface area contributed by atoms with Gasteiger partial charge in [-0.25, -0.2) is 0 Å². The fraction of sp³-hybridized carbons (Fsp3) is 0.889. The zero-order valence-electron chi connectivity index (χ0n) is 6.65. The van der Waals surface area contributed by atoms with E-state index in [2.05, 4.69) is 29.8 Å². The van der Waals surface area contributed by atoms with Crippen molar-refractivity contribution >= 4 is 15.9 Å². The molecule has 0 aromatic carbocycles. The average Bonchev–Trinajstić information content (AvgIpc) is 1.55. The molecule has 1 radical (unpaired) electrons. The zero-order chi connectivity index (χ0) is 7.56. The average molecular weight is 204 g/mol. The molecular formula is C9H16Br. The molecule has 0 heterocycles. The van der Waals surface area contributed by atoms with Gasteiger partial charge in [0.1, 0.15) is 0 Å². The van der Waals surface area contributed by atoms with Gasteiger partial charge < -0.3 is 0 Å². The van der Waals surface area contributed by atoms with E-state index in [1.165, 1.54) is 25.7 Å². The van der Waals surface area contributed by atoms with Crippen molar-refractivity contribution in [2.75, 3.05) is 0 Å². The minimum absolute atomic E-state index is 0.602. The Morgan fingerprint density at radius 1 is 1.60 bits per heavy atom. The monoisotopic (exact) mass is 203 g/mol. The Bertz CT molecular complexity index is 94.9. The van der Waals surface area contributed by atoms with Crippen LogP contribution in [0.4, 0.5) is 0 Å². The van der Waals surface area contributed by atoms with Crippen LogP contribution in [0.5, 0.6) is 0 Å². The van der Waals surface area contributed by atoms with Crippen molar-refractivity contribution in [1.29, 1.82) is 0 Å². The van der Waals surface area contributed by atoms with Gasteiger partial charge in [0.15, 0.2) is 0 Å². The molecule has 1 heteroatoms. The lowest BCUT2D eigenvalue weighted by Crippen LogP contribution is -2.23. The highest BCUT2D eigenvalue weighted by Crippen LogP contribution is 2.36. The van der Waals surface area contributed by atoms with E-state index >= 15 is 0 Å². The van der Waals surface area contributed by atoms with E-state index in [1.807, 2.05) is 0 Å². The van der Waals surface area contributed by atoms with E-state index in [4.69, 9.17) is 0 Å². The van der Waals surface area contributed by atoms with E-state index < -0.39 is 0 Å². The van der Waals surface area contributed by atoms with Crippen LogP contribution in [0.3, 0.4) is 0 Å². The lowest BCUT2D eigenvalue weighted by Gasteiger charge is -2.31. The summed E-state index contributed by atoms with van der Waals surface area (Å²) in [4.78, 5) is 0.744. The molecule has 1 saturated carbocycles. The van der Waals surface area contributed by atoms with Gasteiger partial charge >= 0.3 is 0 Å². The maximum atomic E-state index is 3.99. The molecule has 0 N–H and O–H groups in total. The molecule has 10 heavy (non-hydrogen) atoms. The van der Waals surface area contributed by atoms with Gasteiger partial charge in [0.05, 0.1) is 0 Å². The molecule has 0 saturated heterocycles. The van der Waals surface area contributed by atoms with Crippen molar-refractivity contribution in [3.8, 4) is 0 Å². The number of halogens is 1. The van der Waals surface area contributed by atoms with E-state index in [9.17, 15) is 0 Å². The lowest BCUT2D eigenvalue weighted by atomic mass is 9.81. The molecule has 0 aromatic rings. The summed E-state index contributed by atoms with van der Waals surface area (Å²) in [5, 5.41) is 0. The smallest absolute Gasteiger partial charge is 0.0176 e. The second-order valence-corrected chi connectivity index (χ2v) is 4.72. The SMILES string of the molecule is [CH2]C(C)CC(Br)C1CCC1. The molecule has 0 bridgehead atoms. The third kappa shape index (κ3) is 2.26. The van der Waals surface area contributed by atoms with Gasteiger partial charge in [0, 0.05) is 4.83 Å². The van der Waals surface area contributed by atoms with Gasteiger partial charge in [0.25, 0.3) is 0 Å². The molecule has 2 atom stereocenters. The summed E-state index contributed by atoms with van der Waals surface area (Å²) in [6.45, 7) is 6.18. The molecular weight excluding hydrogens is 188 g/mol. The number of alkyl halides is 1. The predicted octanol–water partition coefficient (Wildman–Crippen LogP) is 3.41. The van der Waals surface area contributed by atoms with Crippen LogP contribution < -0.4 is 0 Å². The van der Waals surface area contributed by atoms with Crippen LogP contribution in [0, 0.1) is 18.8 Å². The summed E-state index contributed by atoms with van der Waals surface area (Å²) >= 11 is 3.72. The van der Waals surface area contributed by atoms with Crippen molar-refractivity contribution in [2.45, 2.75) is 37.4 Å². The maximum absolute atomic E-state index is 3.99. The predicted molar refractivity (Wildman–Crippen MR) is 49.2 cm³/mol.